The molecule has 1 fully saturated rings. The van der Waals surface area contributed by atoms with Crippen molar-refractivity contribution < 1.29 is 9.59 Å². The minimum Gasteiger partial charge on any atom is -0.344 e. The number of rotatable bonds is 4. The van der Waals surface area contributed by atoms with E-state index < -0.39 is 6.04 Å². The van der Waals surface area contributed by atoms with Crippen LogP contribution in [0.3, 0.4) is 0 Å². The Morgan fingerprint density at radius 2 is 2.25 bits per heavy atom. The highest BCUT2D eigenvalue weighted by Crippen LogP contribution is 2.20. The van der Waals surface area contributed by atoms with Crippen LogP contribution in [-0.4, -0.2) is 39.2 Å². The van der Waals surface area contributed by atoms with Gasteiger partial charge >= 0.3 is 0 Å². The topological polar surface area (TPSA) is 80.1 Å². The lowest BCUT2D eigenvalue weighted by molar-refractivity contribution is -0.128. The number of carbonyl (C=O) groups excluding carboxylic acids is 2. The summed E-state index contributed by atoms with van der Waals surface area (Å²) in [5, 5.41) is 8.09. The summed E-state index contributed by atoms with van der Waals surface area (Å²) in [6.45, 7) is 4.52. The van der Waals surface area contributed by atoms with E-state index in [0.29, 0.717) is 18.8 Å². The van der Waals surface area contributed by atoms with E-state index in [4.69, 9.17) is 0 Å². The predicted octanol–water partition coefficient (Wildman–Crippen LogP) is 1.35. The monoisotopic (exact) mass is 347 g/mol. The van der Waals surface area contributed by atoms with Gasteiger partial charge in [0, 0.05) is 30.7 Å². The Kier molecular flexibility index (Phi) is 4.66. The van der Waals surface area contributed by atoms with Crippen LogP contribution in [0.2, 0.25) is 0 Å². The molecule has 2 aromatic rings. The van der Waals surface area contributed by atoms with E-state index in [1.54, 1.807) is 27.1 Å². The van der Waals surface area contributed by atoms with Crippen LogP contribution in [0.15, 0.2) is 12.3 Å². The maximum absolute atomic E-state index is 12.6. The Balaban J connectivity index is 1.65. The zero-order valence-electron chi connectivity index (χ0n) is 14.1. The van der Waals surface area contributed by atoms with E-state index in [0.717, 1.165) is 22.0 Å². The van der Waals surface area contributed by atoms with Gasteiger partial charge in [-0.2, -0.15) is 5.10 Å². The molecule has 7 nitrogen and oxygen atoms in total. The normalized spacial score (nSPS) is 18.0. The van der Waals surface area contributed by atoms with E-state index >= 15 is 0 Å². The lowest BCUT2D eigenvalue weighted by Crippen LogP contribution is -2.53. The standard InChI is InChI=1S/C16H21N5O2S/c1-10-13(17-11(2)24-10)9-15(22)18-12-5-4-7-21(16(12)23)14-6-8-20(3)19-14/h6,8,12H,4-5,7,9H2,1-3H3,(H,18,22)/t12-/m1/s1. The van der Waals surface area contributed by atoms with Crippen LogP contribution in [0.4, 0.5) is 5.82 Å². The molecule has 1 atom stereocenters. The van der Waals surface area contributed by atoms with Crippen molar-refractivity contribution in [1.82, 2.24) is 20.1 Å². The van der Waals surface area contributed by atoms with Crippen molar-refractivity contribution in [2.24, 2.45) is 7.05 Å². The molecule has 2 aromatic heterocycles. The van der Waals surface area contributed by atoms with Gasteiger partial charge < -0.3 is 5.32 Å². The van der Waals surface area contributed by atoms with Gasteiger partial charge in [-0.1, -0.05) is 0 Å². The van der Waals surface area contributed by atoms with Gasteiger partial charge in [0.15, 0.2) is 5.82 Å². The molecule has 3 heterocycles. The Bertz CT molecular complexity index is 766. The first-order valence-corrected chi connectivity index (χ1v) is 8.79. The van der Waals surface area contributed by atoms with Crippen molar-refractivity contribution in [2.45, 2.75) is 39.2 Å². The molecule has 0 radical (unpaired) electrons. The summed E-state index contributed by atoms with van der Waals surface area (Å²) in [7, 11) is 1.81. The second-order valence-corrected chi connectivity index (χ2v) is 7.42. The Morgan fingerprint density at radius 3 is 2.88 bits per heavy atom. The molecule has 1 N–H and O–H groups in total. The minimum absolute atomic E-state index is 0.0977. The van der Waals surface area contributed by atoms with Crippen molar-refractivity contribution in [3.63, 3.8) is 0 Å². The summed E-state index contributed by atoms with van der Waals surface area (Å²) < 4.78 is 1.66. The summed E-state index contributed by atoms with van der Waals surface area (Å²) in [5.74, 6) is 0.372. The highest BCUT2D eigenvalue weighted by Gasteiger charge is 2.31. The minimum atomic E-state index is -0.492. The van der Waals surface area contributed by atoms with E-state index in [-0.39, 0.29) is 18.2 Å². The van der Waals surface area contributed by atoms with Crippen LogP contribution in [0.1, 0.15) is 28.4 Å². The SMILES string of the molecule is Cc1nc(CC(=O)N[C@@H]2CCCN(c3ccn(C)n3)C2=O)c(C)s1. The van der Waals surface area contributed by atoms with Crippen molar-refractivity contribution in [2.75, 3.05) is 11.4 Å². The quantitative estimate of drug-likeness (QED) is 0.905. The lowest BCUT2D eigenvalue weighted by Gasteiger charge is -2.31. The van der Waals surface area contributed by atoms with Gasteiger partial charge in [-0.05, 0) is 26.7 Å². The number of aryl methyl sites for hydroxylation is 3. The fraction of sp³-hybridized carbons (Fsp3) is 0.500. The zero-order chi connectivity index (χ0) is 17.3. The smallest absolute Gasteiger partial charge is 0.250 e. The first-order valence-electron chi connectivity index (χ1n) is 7.97. The molecule has 0 aromatic carbocycles. The largest absolute Gasteiger partial charge is 0.344 e. The Morgan fingerprint density at radius 1 is 1.46 bits per heavy atom. The van der Waals surface area contributed by atoms with Gasteiger partial charge in [-0.25, -0.2) is 4.98 Å². The number of thiazole rings is 1. The summed E-state index contributed by atoms with van der Waals surface area (Å²) in [6.07, 6.45) is 3.51. The predicted molar refractivity (Wildman–Crippen MR) is 92.0 cm³/mol. The van der Waals surface area contributed by atoms with Crippen LogP contribution in [0.25, 0.3) is 0 Å². The molecule has 2 amide bonds. The number of hydrogen-bond acceptors (Lipinski definition) is 5. The highest BCUT2D eigenvalue weighted by molar-refractivity contribution is 7.11. The molecule has 1 aliphatic rings. The molecule has 0 saturated carbocycles. The molecule has 128 valence electrons. The molecule has 1 aliphatic heterocycles. The number of nitrogens with zero attached hydrogens (tertiary/aromatic N) is 4. The first-order chi connectivity index (χ1) is 11.4. The number of anilines is 1. The first kappa shape index (κ1) is 16.6. The number of nitrogens with one attached hydrogen (secondary N) is 1. The van der Waals surface area contributed by atoms with Gasteiger partial charge in [0.2, 0.25) is 5.91 Å². The van der Waals surface area contributed by atoms with Gasteiger partial charge in [-0.3, -0.25) is 19.2 Å². The molecule has 1 saturated heterocycles. The second kappa shape index (κ2) is 6.72. The molecule has 0 unspecified atom stereocenters. The van der Waals surface area contributed by atoms with Crippen LogP contribution in [-0.2, 0) is 23.1 Å². The van der Waals surface area contributed by atoms with Gasteiger partial charge in [0.05, 0.1) is 17.1 Å². The van der Waals surface area contributed by atoms with E-state index in [1.807, 2.05) is 27.0 Å². The fourth-order valence-electron chi connectivity index (χ4n) is 2.92. The zero-order valence-corrected chi connectivity index (χ0v) is 14.9. The van der Waals surface area contributed by atoms with E-state index in [9.17, 15) is 9.59 Å². The van der Waals surface area contributed by atoms with Crippen LogP contribution in [0, 0.1) is 13.8 Å². The number of carbonyl (C=O) groups is 2. The maximum Gasteiger partial charge on any atom is 0.250 e. The third-order valence-electron chi connectivity index (χ3n) is 4.08. The van der Waals surface area contributed by atoms with Gasteiger partial charge in [-0.15, -0.1) is 11.3 Å². The van der Waals surface area contributed by atoms with Gasteiger partial charge in [0.1, 0.15) is 6.04 Å². The summed E-state index contributed by atoms with van der Waals surface area (Å²) in [6, 6.07) is 1.32. The van der Waals surface area contributed by atoms with Crippen molar-refractivity contribution >= 4 is 29.0 Å². The average molecular weight is 347 g/mol. The fourth-order valence-corrected chi connectivity index (χ4v) is 3.75. The Labute approximate surface area is 144 Å². The van der Waals surface area contributed by atoms with Gasteiger partial charge in [0.25, 0.3) is 5.91 Å². The second-order valence-electron chi connectivity index (χ2n) is 6.01. The third kappa shape index (κ3) is 3.48. The molecule has 0 spiro atoms. The van der Waals surface area contributed by atoms with Crippen molar-refractivity contribution in [1.29, 1.82) is 0 Å². The van der Waals surface area contributed by atoms with Crippen LogP contribution >= 0.6 is 11.3 Å². The highest BCUT2D eigenvalue weighted by atomic mass is 32.1. The summed E-state index contributed by atoms with van der Waals surface area (Å²) in [4.78, 5) is 32.0. The molecular weight excluding hydrogens is 326 g/mol. The summed E-state index contributed by atoms with van der Waals surface area (Å²) >= 11 is 1.58. The maximum atomic E-state index is 12.6. The van der Waals surface area contributed by atoms with Crippen LogP contribution in [0.5, 0.6) is 0 Å². The molecule has 8 heteroatoms. The molecule has 0 bridgehead atoms. The molecular formula is C16H21N5O2S. The lowest BCUT2D eigenvalue weighted by atomic mass is 10.0. The number of amides is 2. The number of hydrogen-bond donors (Lipinski definition) is 1. The van der Waals surface area contributed by atoms with E-state index in [1.165, 1.54) is 0 Å². The van der Waals surface area contributed by atoms with Crippen molar-refractivity contribution in [3.05, 3.63) is 27.8 Å². The average Bonchev–Trinajstić information content (AvgIpc) is 3.07. The molecule has 0 aliphatic carbocycles. The van der Waals surface area contributed by atoms with Crippen molar-refractivity contribution in [3.8, 4) is 0 Å². The molecule has 24 heavy (non-hydrogen) atoms. The van der Waals surface area contributed by atoms with Crippen LogP contribution < -0.4 is 10.2 Å². The number of aromatic nitrogens is 3. The molecule has 3 rings (SSSR count). The van der Waals surface area contributed by atoms with E-state index in [2.05, 4.69) is 15.4 Å². The Hall–Kier alpha value is -2.22. The summed E-state index contributed by atoms with van der Waals surface area (Å²) in [5.41, 5.74) is 0.792. The third-order valence-corrected chi connectivity index (χ3v) is 5.01. The number of piperidine rings is 1.